The number of nitrogens with zero attached hydrogens (tertiary/aromatic N) is 3. The van der Waals surface area contributed by atoms with E-state index in [9.17, 15) is 0 Å². The highest BCUT2D eigenvalue weighted by molar-refractivity contribution is 8.00. The lowest BCUT2D eigenvalue weighted by molar-refractivity contribution is 0.760. The van der Waals surface area contributed by atoms with E-state index in [4.69, 9.17) is 10.8 Å². The van der Waals surface area contributed by atoms with Crippen molar-refractivity contribution in [1.29, 1.82) is 0 Å². The second-order valence-electron chi connectivity index (χ2n) is 5.02. The minimum absolute atomic E-state index is 0.550. The van der Waals surface area contributed by atoms with E-state index in [1.54, 1.807) is 0 Å². The summed E-state index contributed by atoms with van der Waals surface area (Å²) in [4.78, 5) is 11.5. The van der Waals surface area contributed by atoms with E-state index < -0.39 is 0 Å². The number of hydrogen-bond donors (Lipinski definition) is 2. The molecule has 1 saturated heterocycles. The number of nitrogens with one attached hydrogen (secondary N) is 1. The van der Waals surface area contributed by atoms with Gasteiger partial charge in [0.2, 0.25) is 0 Å². The lowest BCUT2D eigenvalue weighted by Gasteiger charge is -2.31. The van der Waals surface area contributed by atoms with Crippen LogP contribution < -0.4 is 16.2 Å². The number of nitrogen functional groups attached to an aromatic ring is 1. The van der Waals surface area contributed by atoms with Crippen LogP contribution in [-0.4, -0.2) is 34.1 Å². The molecule has 1 aromatic heterocycles. The highest BCUT2D eigenvalue weighted by Gasteiger charge is 2.28. The first-order valence-electron chi connectivity index (χ1n) is 6.48. The minimum atomic E-state index is 0.550. The van der Waals surface area contributed by atoms with Crippen molar-refractivity contribution in [3.05, 3.63) is 11.9 Å². The summed E-state index contributed by atoms with van der Waals surface area (Å²) in [6.07, 6.45) is 2.42. The van der Waals surface area contributed by atoms with Crippen molar-refractivity contribution in [2.24, 2.45) is 5.84 Å². The third-order valence-electron chi connectivity index (χ3n) is 3.39. The molecule has 5 nitrogen and oxygen atoms in total. The van der Waals surface area contributed by atoms with E-state index in [1.165, 1.54) is 12.8 Å². The summed E-state index contributed by atoms with van der Waals surface area (Å²) < 4.78 is 0. The lowest BCUT2D eigenvalue weighted by atomic mass is 10.3. The van der Waals surface area contributed by atoms with E-state index in [0.29, 0.717) is 11.2 Å². The molecule has 18 heavy (non-hydrogen) atoms. The monoisotopic (exact) mass is 265 g/mol. The van der Waals surface area contributed by atoms with E-state index in [-0.39, 0.29) is 0 Å². The molecule has 1 aliphatic carbocycles. The van der Waals surface area contributed by atoms with Gasteiger partial charge < -0.3 is 10.3 Å². The first kappa shape index (κ1) is 12.0. The van der Waals surface area contributed by atoms with E-state index in [2.05, 4.69) is 22.2 Å². The van der Waals surface area contributed by atoms with Gasteiger partial charge in [0, 0.05) is 36.1 Å². The molecule has 0 aromatic carbocycles. The van der Waals surface area contributed by atoms with Crippen LogP contribution in [0.25, 0.3) is 0 Å². The Bertz CT molecular complexity index is 434. The minimum Gasteiger partial charge on any atom is -0.355 e. The summed E-state index contributed by atoms with van der Waals surface area (Å²) in [6.45, 7) is 4.37. The molecule has 3 rings (SSSR count). The molecule has 1 aromatic rings. The molecule has 6 heteroatoms. The van der Waals surface area contributed by atoms with Crippen molar-refractivity contribution in [2.75, 3.05) is 29.2 Å². The van der Waals surface area contributed by atoms with E-state index >= 15 is 0 Å². The smallest absolute Gasteiger partial charge is 0.145 e. The maximum atomic E-state index is 5.50. The summed E-state index contributed by atoms with van der Waals surface area (Å²) >= 11 is 2.02. The number of nitrogens with two attached hydrogens (primary N) is 1. The van der Waals surface area contributed by atoms with Crippen molar-refractivity contribution in [3.63, 3.8) is 0 Å². The second kappa shape index (κ2) is 4.93. The van der Waals surface area contributed by atoms with Gasteiger partial charge in [0.05, 0.1) is 0 Å². The Balaban J connectivity index is 1.87. The zero-order chi connectivity index (χ0) is 12.5. The standard InChI is InChI=1S/C12H19N5S/c1-8-7-17(4-5-18-8)11-6-10(16-13)14-12(15-11)9-2-3-9/h6,8-9H,2-5,7,13H2,1H3,(H,14,15,16). The molecule has 2 heterocycles. The average molecular weight is 265 g/mol. The molecule has 1 saturated carbocycles. The summed E-state index contributed by atoms with van der Waals surface area (Å²) in [5.41, 5.74) is 2.66. The van der Waals surface area contributed by atoms with Crippen molar-refractivity contribution in [1.82, 2.24) is 9.97 Å². The lowest BCUT2D eigenvalue weighted by Crippen LogP contribution is -2.37. The van der Waals surface area contributed by atoms with Gasteiger partial charge in [-0.15, -0.1) is 0 Å². The SMILES string of the molecule is CC1CN(c2cc(NN)nc(C3CC3)n2)CCS1. The topological polar surface area (TPSA) is 67.1 Å². The Morgan fingerprint density at radius 2 is 2.28 bits per heavy atom. The molecule has 2 fully saturated rings. The van der Waals surface area contributed by atoms with Crippen LogP contribution >= 0.6 is 11.8 Å². The third-order valence-corrected chi connectivity index (χ3v) is 4.52. The van der Waals surface area contributed by atoms with Gasteiger partial charge >= 0.3 is 0 Å². The zero-order valence-corrected chi connectivity index (χ0v) is 11.4. The summed E-state index contributed by atoms with van der Waals surface area (Å²) in [7, 11) is 0. The first-order valence-corrected chi connectivity index (χ1v) is 7.53. The molecule has 0 spiro atoms. The molecular weight excluding hydrogens is 246 g/mol. The first-order chi connectivity index (χ1) is 8.76. The zero-order valence-electron chi connectivity index (χ0n) is 10.6. The molecule has 98 valence electrons. The maximum Gasteiger partial charge on any atom is 0.145 e. The summed E-state index contributed by atoms with van der Waals surface area (Å²) in [5.74, 6) is 9.91. The van der Waals surface area contributed by atoms with Crippen LogP contribution in [0.3, 0.4) is 0 Å². The molecule has 0 bridgehead atoms. The number of thioether (sulfide) groups is 1. The number of hydrazine groups is 1. The van der Waals surface area contributed by atoms with Gasteiger partial charge in [-0.05, 0) is 12.8 Å². The molecule has 1 aliphatic heterocycles. The van der Waals surface area contributed by atoms with Crippen LogP contribution in [-0.2, 0) is 0 Å². The Labute approximate surface area is 112 Å². The van der Waals surface area contributed by atoms with Gasteiger partial charge in [0.1, 0.15) is 17.5 Å². The highest BCUT2D eigenvalue weighted by Crippen LogP contribution is 2.39. The number of anilines is 2. The van der Waals surface area contributed by atoms with E-state index in [1.807, 2.05) is 17.8 Å². The predicted molar refractivity (Wildman–Crippen MR) is 76.0 cm³/mol. The fourth-order valence-corrected chi connectivity index (χ4v) is 3.25. The molecule has 0 amide bonds. The molecule has 1 atom stereocenters. The predicted octanol–water partition coefficient (Wildman–Crippen LogP) is 1.58. The number of aromatic nitrogens is 2. The molecular formula is C12H19N5S. The second-order valence-corrected chi connectivity index (χ2v) is 6.56. The number of rotatable bonds is 3. The summed E-state index contributed by atoms with van der Waals surface area (Å²) in [5, 5.41) is 0.660. The van der Waals surface area contributed by atoms with Gasteiger partial charge in [-0.1, -0.05) is 6.92 Å². The van der Waals surface area contributed by atoms with Gasteiger partial charge in [-0.2, -0.15) is 11.8 Å². The van der Waals surface area contributed by atoms with Crippen LogP contribution in [0.1, 0.15) is 31.5 Å². The Kier molecular flexibility index (Phi) is 3.30. The maximum absolute atomic E-state index is 5.50. The van der Waals surface area contributed by atoms with Crippen molar-refractivity contribution < 1.29 is 0 Å². The Hall–Kier alpha value is -1.01. The van der Waals surface area contributed by atoms with Gasteiger partial charge in [0.25, 0.3) is 0 Å². The van der Waals surface area contributed by atoms with Crippen molar-refractivity contribution in [3.8, 4) is 0 Å². The van der Waals surface area contributed by atoms with Crippen molar-refractivity contribution >= 4 is 23.4 Å². The number of hydrogen-bond acceptors (Lipinski definition) is 6. The normalized spacial score (nSPS) is 24.1. The fraction of sp³-hybridized carbons (Fsp3) is 0.667. The fourth-order valence-electron chi connectivity index (χ4n) is 2.24. The quantitative estimate of drug-likeness (QED) is 0.639. The largest absolute Gasteiger partial charge is 0.355 e. The average Bonchev–Trinajstić information content (AvgIpc) is 3.22. The van der Waals surface area contributed by atoms with Crippen LogP contribution in [0.5, 0.6) is 0 Å². The van der Waals surface area contributed by atoms with Gasteiger partial charge in [0.15, 0.2) is 0 Å². The van der Waals surface area contributed by atoms with Gasteiger partial charge in [-0.3, -0.25) is 0 Å². The van der Waals surface area contributed by atoms with Crippen LogP contribution in [0.15, 0.2) is 6.07 Å². The van der Waals surface area contributed by atoms with Crippen LogP contribution in [0, 0.1) is 0 Å². The van der Waals surface area contributed by atoms with Crippen LogP contribution in [0.4, 0.5) is 11.6 Å². The van der Waals surface area contributed by atoms with E-state index in [0.717, 1.165) is 36.3 Å². The van der Waals surface area contributed by atoms with Crippen molar-refractivity contribution in [2.45, 2.75) is 30.9 Å². The molecule has 3 N–H and O–H groups in total. The third kappa shape index (κ3) is 2.54. The molecule has 1 unspecified atom stereocenters. The Morgan fingerprint density at radius 3 is 2.94 bits per heavy atom. The molecule has 0 radical (unpaired) electrons. The van der Waals surface area contributed by atoms with Gasteiger partial charge in [-0.25, -0.2) is 15.8 Å². The highest BCUT2D eigenvalue weighted by atomic mass is 32.2. The molecule has 2 aliphatic rings. The van der Waals surface area contributed by atoms with Crippen LogP contribution in [0.2, 0.25) is 0 Å². The summed E-state index contributed by atoms with van der Waals surface area (Å²) in [6, 6.07) is 1.95. The Morgan fingerprint density at radius 1 is 1.44 bits per heavy atom.